The summed E-state index contributed by atoms with van der Waals surface area (Å²) in [6.45, 7) is 0. The Kier molecular flexibility index (Phi) is 2.01. The molecule has 5 nitrogen and oxygen atoms in total. The molecule has 0 aromatic carbocycles. The van der Waals surface area contributed by atoms with Crippen LogP contribution in [0.1, 0.15) is 0 Å². The first-order chi connectivity index (χ1) is 6.20. The molecule has 0 bridgehead atoms. The minimum Gasteiger partial charge on any atom is -0.267 e. The number of thioether (sulfide) groups is 1. The molecule has 13 heavy (non-hydrogen) atoms. The number of aromatic amines is 1. The molecule has 2 aromatic heterocycles. The number of hydrogen-bond donors (Lipinski definition) is 1. The monoisotopic (exact) mass is 216 g/mol. The highest BCUT2D eigenvalue weighted by atomic mass is 35.5. The highest BCUT2D eigenvalue weighted by Gasteiger charge is 2.05. The van der Waals surface area contributed by atoms with E-state index in [2.05, 4.69) is 15.1 Å². The van der Waals surface area contributed by atoms with Gasteiger partial charge in [-0.3, -0.25) is 9.89 Å². The van der Waals surface area contributed by atoms with Crippen LogP contribution in [0.4, 0.5) is 0 Å². The summed E-state index contributed by atoms with van der Waals surface area (Å²) >= 11 is 6.99. The lowest BCUT2D eigenvalue weighted by atomic mass is 10.6. The molecular weight excluding hydrogens is 212 g/mol. The number of fused-ring (bicyclic) bond motifs is 1. The van der Waals surface area contributed by atoms with Crippen molar-refractivity contribution in [3.63, 3.8) is 0 Å². The van der Waals surface area contributed by atoms with Gasteiger partial charge in [0.05, 0.1) is 0 Å². The normalized spacial score (nSPS) is 10.9. The predicted molar refractivity (Wildman–Crippen MR) is 50.4 cm³/mol. The molecule has 0 saturated heterocycles. The smallest absolute Gasteiger partial charge is 0.267 e. The third kappa shape index (κ3) is 1.42. The standard InChI is InChI=1S/C6H5ClN4OS/c1-13-6-9-5-8-3(7)2-4(12)11(5)10-6/h2H,1H3,(H,8,9,10). The van der Waals surface area contributed by atoms with Gasteiger partial charge in [0.1, 0.15) is 5.15 Å². The highest BCUT2D eigenvalue weighted by molar-refractivity contribution is 7.98. The van der Waals surface area contributed by atoms with Crippen molar-refractivity contribution in [2.75, 3.05) is 6.26 Å². The average Bonchev–Trinajstić information content (AvgIpc) is 2.47. The van der Waals surface area contributed by atoms with E-state index in [4.69, 9.17) is 11.6 Å². The second kappa shape index (κ2) is 3.04. The van der Waals surface area contributed by atoms with Crippen molar-refractivity contribution in [1.29, 1.82) is 0 Å². The van der Waals surface area contributed by atoms with Crippen molar-refractivity contribution in [1.82, 2.24) is 19.6 Å². The van der Waals surface area contributed by atoms with E-state index in [0.29, 0.717) is 10.9 Å². The van der Waals surface area contributed by atoms with Crippen LogP contribution in [0, 0.1) is 0 Å². The van der Waals surface area contributed by atoms with Crippen LogP contribution in [-0.4, -0.2) is 25.8 Å². The van der Waals surface area contributed by atoms with Gasteiger partial charge in [-0.1, -0.05) is 23.4 Å². The second-order valence-corrected chi connectivity index (χ2v) is 3.47. The lowest BCUT2D eigenvalue weighted by Gasteiger charge is -1.88. The summed E-state index contributed by atoms with van der Waals surface area (Å²) < 4.78 is 1.25. The Hall–Kier alpha value is -1.01. The summed E-state index contributed by atoms with van der Waals surface area (Å²) in [5.41, 5.74) is -0.261. The van der Waals surface area contributed by atoms with Crippen LogP contribution in [0.2, 0.25) is 5.15 Å². The fourth-order valence-electron chi connectivity index (χ4n) is 0.926. The van der Waals surface area contributed by atoms with Crippen molar-refractivity contribution in [3.8, 4) is 0 Å². The molecule has 0 atom stereocenters. The number of hydrogen-bond acceptors (Lipinski definition) is 4. The summed E-state index contributed by atoms with van der Waals surface area (Å²) in [4.78, 5) is 19.2. The van der Waals surface area contributed by atoms with E-state index in [9.17, 15) is 4.79 Å². The van der Waals surface area contributed by atoms with Crippen LogP contribution in [0.5, 0.6) is 0 Å². The Labute approximate surface area is 82.1 Å². The summed E-state index contributed by atoms with van der Waals surface area (Å²) in [6.07, 6.45) is 1.85. The molecule has 0 aliphatic heterocycles. The molecular formula is C6H5ClN4OS. The molecule has 0 aliphatic carbocycles. The zero-order valence-corrected chi connectivity index (χ0v) is 8.19. The number of aromatic nitrogens is 4. The Morgan fingerprint density at radius 2 is 2.38 bits per heavy atom. The van der Waals surface area contributed by atoms with E-state index in [1.165, 1.54) is 22.3 Å². The van der Waals surface area contributed by atoms with Crippen molar-refractivity contribution >= 4 is 29.1 Å². The van der Waals surface area contributed by atoms with Crippen LogP contribution >= 0.6 is 23.4 Å². The van der Waals surface area contributed by atoms with Crippen LogP contribution in [0.25, 0.3) is 5.78 Å². The fourth-order valence-corrected chi connectivity index (χ4v) is 1.45. The van der Waals surface area contributed by atoms with E-state index in [0.717, 1.165) is 0 Å². The highest BCUT2D eigenvalue weighted by Crippen LogP contribution is 2.09. The van der Waals surface area contributed by atoms with Crippen LogP contribution in [0.15, 0.2) is 16.0 Å². The molecule has 68 valence electrons. The van der Waals surface area contributed by atoms with Crippen molar-refractivity contribution in [2.45, 2.75) is 5.16 Å². The molecule has 0 spiro atoms. The third-order valence-electron chi connectivity index (χ3n) is 1.47. The second-order valence-electron chi connectivity index (χ2n) is 2.29. The van der Waals surface area contributed by atoms with Gasteiger partial charge in [0.15, 0.2) is 5.16 Å². The molecule has 2 heterocycles. The maximum atomic E-state index is 11.3. The number of nitrogens with one attached hydrogen (secondary N) is 1. The largest absolute Gasteiger partial charge is 0.275 e. The zero-order valence-electron chi connectivity index (χ0n) is 6.61. The topological polar surface area (TPSA) is 63.1 Å². The first-order valence-corrected chi connectivity index (χ1v) is 5.00. The maximum Gasteiger partial charge on any atom is 0.275 e. The number of halogens is 1. The molecule has 0 fully saturated rings. The molecule has 2 rings (SSSR count). The summed E-state index contributed by atoms with van der Waals surface area (Å²) in [5, 5.41) is 3.56. The molecule has 2 aromatic rings. The summed E-state index contributed by atoms with van der Waals surface area (Å²) in [6, 6.07) is 1.23. The molecule has 1 N–H and O–H groups in total. The third-order valence-corrected chi connectivity index (χ3v) is 2.24. The van der Waals surface area contributed by atoms with E-state index < -0.39 is 0 Å². The lowest BCUT2D eigenvalue weighted by molar-refractivity contribution is 0.851. The quantitative estimate of drug-likeness (QED) is 0.566. The minimum atomic E-state index is -0.261. The van der Waals surface area contributed by atoms with Crippen LogP contribution < -0.4 is 5.56 Å². The molecule has 0 aliphatic rings. The zero-order chi connectivity index (χ0) is 9.42. The van der Waals surface area contributed by atoms with Gasteiger partial charge >= 0.3 is 0 Å². The van der Waals surface area contributed by atoms with E-state index in [-0.39, 0.29) is 10.7 Å². The number of rotatable bonds is 1. The Bertz CT molecular complexity index is 505. The van der Waals surface area contributed by atoms with Gasteiger partial charge in [-0.15, -0.1) is 0 Å². The summed E-state index contributed by atoms with van der Waals surface area (Å²) in [7, 11) is 0. The molecule has 7 heteroatoms. The van der Waals surface area contributed by atoms with Gasteiger partial charge in [-0.05, 0) is 6.26 Å². The van der Waals surface area contributed by atoms with Gasteiger partial charge in [0, 0.05) is 6.07 Å². The van der Waals surface area contributed by atoms with Gasteiger partial charge in [-0.2, -0.15) is 14.5 Å². The van der Waals surface area contributed by atoms with Gasteiger partial charge in [0.2, 0.25) is 0 Å². The van der Waals surface area contributed by atoms with Crippen molar-refractivity contribution in [3.05, 3.63) is 21.6 Å². The van der Waals surface area contributed by atoms with Crippen molar-refractivity contribution < 1.29 is 0 Å². The Morgan fingerprint density at radius 3 is 3.08 bits per heavy atom. The van der Waals surface area contributed by atoms with E-state index >= 15 is 0 Å². The summed E-state index contributed by atoms with van der Waals surface area (Å²) in [5.74, 6) is 0.293. The maximum absolute atomic E-state index is 11.3. The van der Waals surface area contributed by atoms with Crippen LogP contribution in [0.3, 0.4) is 0 Å². The predicted octanol–water partition coefficient (Wildman–Crippen LogP) is 0.793. The number of nitrogens with zero attached hydrogens (tertiary/aromatic N) is 3. The van der Waals surface area contributed by atoms with Crippen LogP contribution in [-0.2, 0) is 0 Å². The Morgan fingerprint density at radius 1 is 1.62 bits per heavy atom. The Balaban J connectivity index is 2.83. The van der Waals surface area contributed by atoms with Gasteiger partial charge in [0.25, 0.3) is 11.3 Å². The van der Waals surface area contributed by atoms with Gasteiger partial charge in [-0.25, -0.2) is 0 Å². The molecule has 0 radical (unpaired) electrons. The van der Waals surface area contributed by atoms with E-state index in [1.807, 2.05) is 6.26 Å². The van der Waals surface area contributed by atoms with E-state index in [1.54, 1.807) is 0 Å². The molecule has 0 amide bonds. The molecule has 0 saturated carbocycles. The minimum absolute atomic E-state index is 0.157. The first-order valence-electron chi connectivity index (χ1n) is 3.40. The first kappa shape index (κ1) is 8.58. The van der Waals surface area contributed by atoms with Gasteiger partial charge < -0.3 is 0 Å². The SMILES string of the molecule is CSc1nc2nc(Cl)cc(=O)n2[nH]1. The molecule has 0 unspecified atom stereocenters. The number of H-pyrrole nitrogens is 1. The van der Waals surface area contributed by atoms with Crippen molar-refractivity contribution in [2.24, 2.45) is 0 Å². The lowest BCUT2D eigenvalue weighted by Crippen LogP contribution is -2.13. The fraction of sp³-hybridized carbons (Fsp3) is 0.167. The average molecular weight is 217 g/mol.